The van der Waals surface area contributed by atoms with Crippen molar-refractivity contribution in [3.05, 3.63) is 52.5 Å². The average Bonchev–Trinajstić information content (AvgIpc) is 3.20. The Morgan fingerprint density at radius 2 is 2.00 bits per heavy atom. The molecule has 28 heavy (non-hydrogen) atoms. The molecule has 7 nitrogen and oxygen atoms in total. The molecule has 1 aliphatic rings. The first-order valence-corrected chi connectivity index (χ1v) is 11.0. The van der Waals surface area contributed by atoms with Crippen molar-refractivity contribution in [3.63, 3.8) is 0 Å². The molecule has 2 aromatic carbocycles. The number of sulfonamides is 1. The summed E-state index contributed by atoms with van der Waals surface area (Å²) < 4.78 is 38.7. The summed E-state index contributed by atoms with van der Waals surface area (Å²) >= 11 is 3.33. The smallest absolute Gasteiger partial charge is 0.259 e. The van der Waals surface area contributed by atoms with Gasteiger partial charge in [-0.1, -0.05) is 15.9 Å². The highest BCUT2D eigenvalue weighted by Gasteiger charge is 2.20. The van der Waals surface area contributed by atoms with Crippen LogP contribution >= 0.6 is 15.9 Å². The van der Waals surface area contributed by atoms with Gasteiger partial charge in [0.25, 0.3) is 5.91 Å². The van der Waals surface area contributed by atoms with E-state index in [1.807, 2.05) is 0 Å². The van der Waals surface area contributed by atoms with Crippen LogP contribution in [0.2, 0.25) is 0 Å². The molecule has 2 aromatic rings. The molecular formula is C19H21BrN2O5S. The van der Waals surface area contributed by atoms with E-state index in [0.29, 0.717) is 23.6 Å². The molecule has 3 rings (SSSR count). The van der Waals surface area contributed by atoms with Crippen LogP contribution in [0.15, 0.2) is 51.8 Å². The van der Waals surface area contributed by atoms with E-state index in [0.717, 1.165) is 17.3 Å². The van der Waals surface area contributed by atoms with Gasteiger partial charge in [-0.15, -0.1) is 0 Å². The summed E-state index contributed by atoms with van der Waals surface area (Å²) in [5, 5.41) is 2.74. The number of anilines is 1. The van der Waals surface area contributed by atoms with Gasteiger partial charge < -0.3 is 14.8 Å². The molecule has 1 heterocycles. The van der Waals surface area contributed by atoms with Crippen LogP contribution in [-0.2, 0) is 14.8 Å². The highest BCUT2D eigenvalue weighted by atomic mass is 79.9. The maximum absolute atomic E-state index is 12.5. The first-order valence-electron chi connectivity index (χ1n) is 8.75. The number of hydrogen-bond acceptors (Lipinski definition) is 5. The summed E-state index contributed by atoms with van der Waals surface area (Å²) in [5.74, 6) is 0.0866. The normalized spacial score (nSPS) is 16.7. The van der Waals surface area contributed by atoms with Gasteiger partial charge in [-0.25, -0.2) is 13.1 Å². The molecule has 1 atom stereocenters. The zero-order chi connectivity index (χ0) is 20.1. The van der Waals surface area contributed by atoms with Crippen molar-refractivity contribution in [2.24, 2.45) is 0 Å². The van der Waals surface area contributed by atoms with Gasteiger partial charge in [-0.3, -0.25) is 4.79 Å². The Labute approximate surface area is 172 Å². The molecule has 1 unspecified atom stereocenters. The van der Waals surface area contributed by atoms with E-state index in [1.54, 1.807) is 30.3 Å². The van der Waals surface area contributed by atoms with Gasteiger partial charge in [0, 0.05) is 23.3 Å². The molecule has 1 aliphatic heterocycles. The van der Waals surface area contributed by atoms with E-state index in [2.05, 4.69) is 26.0 Å². The zero-order valence-electron chi connectivity index (χ0n) is 15.3. The summed E-state index contributed by atoms with van der Waals surface area (Å²) in [6, 6.07) is 11.1. The van der Waals surface area contributed by atoms with Crippen molar-refractivity contribution in [3.8, 4) is 5.75 Å². The summed E-state index contributed by atoms with van der Waals surface area (Å²) in [4.78, 5) is 12.6. The van der Waals surface area contributed by atoms with E-state index in [9.17, 15) is 13.2 Å². The molecule has 0 saturated carbocycles. The lowest BCUT2D eigenvalue weighted by Gasteiger charge is -2.12. The molecule has 0 radical (unpaired) electrons. The average molecular weight is 469 g/mol. The lowest BCUT2D eigenvalue weighted by molar-refractivity contribution is 0.102. The molecule has 150 valence electrons. The Morgan fingerprint density at radius 3 is 2.64 bits per heavy atom. The van der Waals surface area contributed by atoms with E-state index >= 15 is 0 Å². The van der Waals surface area contributed by atoms with Crippen LogP contribution in [0.5, 0.6) is 5.75 Å². The number of hydrogen-bond donors (Lipinski definition) is 2. The van der Waals surface area contributed by atoms with Crippen molar-refractivity contribution in [1.82, 2.24) is 4.72 Å². The van der Waals surface area contributed by atoms with Gasteiger partial charge in [-0.05, 0) is 55.3 Å². The topological polar surface area (TPSA) is 93.7 Å². The minimum absolute atomic E-state index is 0.0755. The van der Waals surface area contributed by atoms with Crippen LogP contribution in [0.25, 0.3) is 0 Å². The van der Waals surface area contributed by atoms with Crippen molar-refractivity contribution in [2.45, 2.75) is 23.8 Å². The third-order valence-electron chi connectivity index (χ3n) is 4.35. The van der Waals surface area contributed by atoms with Crippen LogP contribution in [0.4, 0.5) is 5.69 Å². The molecule has 9 heteroatoms. The predicted octanol–water partition coefficient (Wildman–Crippen LogP) is 3.17. The Kier molecular flexibility index (Phi) is 6.71. The fourth-order valence-electron chi connectivity index (χ4n) is 2.86. The number of nitrogens with one attached hydrogen (secondary N) is 2. The first-order chi connectivity index (χ1) is 13.4. The van der Waals surface area contributed by atoms with E-state index in [-0.39, 0.29) is 23.5 Å². The number of ether oxygens (including phenoxy) is 2. The standard InChI is InChI=1S/C19H21BrN2O5S/c1-26-18-9-4-13(20)11-17(18)19(23)22-14-5-7-16(8-6-14)28(24,25)21-12-15-3-2-10-27-15/h4-9,11,15,21H,2-3,10,12H2,1H3,(H,22,23). The highest BCUT2D eigenvalue weighted by Crippen LogP contribution is 2.24. The molecule has 0 spiro atoms. The fraction of sp³-hybridized carbons (Fsp3) is 0.316. The number of methoxy groups -OCH3 is 1. The van der Waals surface area contributed by atoms with E-state index in [1.165, 1.54) is 19.2 Å². The number of halogens is 1. The summed E-state index contributed by atoms with van der Waals surface area (Å²) in [6.07, 6.45) is 1.73. The van der Waals surface area contributed by atoms with Crippen molar-refractivity contribution >= 4 is 37.5 Å². The third kappa shape index (κ3) is 5.11. The second-order valence-electron chi connectivity index (χ2n) is 6.31. The Balaban J connectivity index is 1.67. The minimum Gasteiger partial charge on any atom is -0.496 e. The van der Waals surface area contributed by atoms with Gasteiger partial charge >= 0.3 is 0 Å². The molecule has 1 saturated heterocycles. The molecule has 1 amide bonds. The summed E-state index contributed by atoms with van der Waals surface area (Å²) in [6.45, 7) is 0.924. The highest BCUT2D eigenvalue weighted by molar-refractivity contribution is 9.10. The summed E-state index contributed by atoms with van der Waals surface area (Å²) in [5.41, 5.74) is 0.844. The van der Waals surface area contributed by atoms with Crippen LogP contribution in [0.3, 0.4) is 0 Å². The Hall–Kier alpha value is -1.94. The van der Waals surface area contributed by atoms with E-state index < -0.39 is 10.0 Å². The fourth-order valence-corrected chi connectivity index (χ4v) is 4.29. The number of carbonyl (C=O) groups is 1. The number of rotatable bonds is 7. The lowest BCUT2D eigenvalue weighted by Crippen LogP contribution is -2.31. The second kappa shape index (κ2) is 9.04. The molecule has 1 fully saturated rings. The van der Waals surface area contributed by atoms with Gasteiger partial charge in [0.15, 0.2) is 0 Å². The molecule has 2 N–H and O–H groups in total. The van der Waals surface area contributed by atoms with Crippen molar-refractivity contribution in [1.29, 1.82) is 0 Å². The lowest BCUT2D eigenvalue weighted by atomic mass is 10.2. The first kappa shape index (κ1) is 20.8. The minimum atomic E-state index is -3.63. The van der Waals surface area contributed by atoms with Crippen molar-refractivity contribution in [2.75, 3.05) is 25.6 Å². The Morgan fingerprint density at radius 1 is 1.25 bits per heavy atom. The van der Waals surface area contributed by atoms with Gasteiger partial charge in [0.2, 0.25) is 10.0 Å². The molecule has 0 aliphatic carbocycles. The van der Waals surface area contributed by atoms with Crippen LogP contribution < -0.4 is 14.8 Å². The SMILES string of the molecule is COc1ccc(Br)cc1C(=O)Nc1ccc(S(=O)(=O)NCC2CCCO2)cc1. The largest absolute Gasteiger partial charge is 0.496 e. The van der Waals surface area contributed by atoms with Crippen molar-refractivity contribution < 1.29 is 22.7 Å². The predicted molar refractivity (Wildman–Crippen MR) is 109 cm³/mol. The van der Waals surface area contributed by atoms with Crippen LogP contribution in [-0.4, -0.2) is 40.7 Å². The maximum Gasteiger partial charge on any atom is 0.259 e. The summed E-state index contributed by atoms with van der Waals surface area (Å²) in [7, 11) is -2.14. The van der Waals surface area contributed by atoms with E-state index in [4.69, 9.17) is 9.47 Å². The molecule has 0 bridgehead atoms. The van der Waals surface area contributed by atoms with Gasteiger partial charge in [-0.2, -0.15) is 0 Å². The second-order valence-corrected chi connectivity index (χ2v) is 8.99. The Bertz CT molecular complexity index is 941. The van der Waals surface area contributed by atoms with Gasteiger partial charge in [0.1, 0.15) is 5.75 Å². The maximum atomic E-state index is 12.5. The molecular weight excluding hydrogens is 448 g/mol. The number of amides is 1. The zero-order valence-corrected chi connectivity index (χ0v) is 17.7. The monoisotopic (exact) mass is 468 g/mol. The van der Waals surface area contributed by atoms with Crippen LogP contribution in [0, 0.1) is 0 Å². The van der Waals surface area contributed by atoms with Gasteiger partial charge in [0.05, 0.1) is 23.7 Å². The number of benzene rings is 2. The number of carbonyl (C=O) groups excluding carboxylic acids is 1. The quantitative estimate of drug-likeness (QED) is 0.650. The molecule has 0 aromatic heterocycles. The third-order valence-corrected chi connectivity index (χ3v) is 6.29. The van der Waals surface area contributed by atoms with Crippen LogP contribution in [0.1, 0.15) is 23.2 Å².